The van der Waals surface area contributed by atoms with Crippen molar-refractivity contribution in [3.63, 3.8) is 0 Å². The van der Waals surface area contributed by atoms with Crippen molar-refractivity contribution in [3.8, 4) is 0 Å². The molecular weight excluding hydrogens is 432 g/mol. The number of nitrogens with zero attached hydrogens (tertiary/aromatic N) is 4. The molecule has 4 rings (SSSR count). The standard InChI is InChI=1S/C22H25ClN6OS/c1-10(2)27-21(30)15-6-11(3)14(7-16(15)23)8-24-20-19-18(25-9-26-20)17-12(4)13(5)28-29-22(17)31-19/h6-7,9-11,14H,8H2,1-5H3,(H,27,30)(H,24,25,26). The molecule has 0 saturated carbocycles. The van der Waals surface area contributed by atoms with E-state index in [-0.39, 0.29) is 23.8 Å². The van der Waals surface area contributed by atoms with E-state index in [1.54, 1.807) is 17.7 Å². The zero-order valence-corrected chi connectivity index (χ0v) is 19.7. The number of carbonyl (C=O) groups is 1. The van der Waals surface area contributed by atoms with Gasteiger partial charge in [-0.2, -0.15) is 5.10 Å². The fraction of sp³-hybridized carbons (Fsp3) is 0.409. The number of allylic oxidation sites excluding steroid dienone is 1. The van der Waals surface area contributed by atoms with Crippen LogP contribution in [0.3, 0.4) is 0 Å². The summed E-state index contributed by atoms with van der Waals surface area (Å²) in [7, 11) is 0. The van der Waals surface area contributed by atoms with E-state index in [1.165, 1.54) is 0 Å². The topological polar surface area (TPSA) is 92.7 Å². The molecule has 2 atom stereocenters. The quantitative estimate of drug-likeness (QED) is 0.587. The Kier molecular flexibility index (Phi) is 5.94. The summed E-state index contributed by atoms with van der Waals surface area (Å²) in [5, 5.41) is 16.5. The SMILES string of the molecule is Cc1nnc2sc3c(NCC4C=C(Cl)C(C(=O)NC(C)C)=CC4C)ncnc3c2c1C. The van der Waals surface area contributed by atoms with Crippen molar-refractivity contribution in [1.82, 2.24) is 25.5 Å². The average Bonchev–Trinajstić information content (AvgIpc) is 3.10. The number of hydrogen-bond acceptors (Lipinski definition) is 7. The van der Waals surface area contributed by atoms with Gasteiger partial charge in [-0.25, -0.2) is 9.97 Å². The van der Waals surface area contributed by atoms with Crippen molar-refractivity contribution < 1.29 is 4.79 Å². The summed E-state index contributed by atoms with van der Waals surface area (Å²) < 4.78 is 0.964. The Labute approximate surface area is 190 Å². The van der Waals surface area contributed by atoms with Crippen LogP contribution in [0.2, 0.25) is 0 Å². The second-order valence-corrected chi connectivity index (χ2v) is 9.63. The Balaban J connectivity index is 1.57. The van der Waals surface area contributed by atoms with E-state index in [0.29, 0.717) is 17.2 Å². The minimum absolute atomic E-state index is 0.0613. The highest BCUT2D eigenvalue weighted by molar-refractivity contribution is 7.25. The molecule has 3 heterocycles. The number of aryl methyl sites for hydroxylation is 2. The van der Waals surface area contributed by atoms with Crippen LogP contribution in [0.25, 0.3) is 20.4 Å². The zero-order chi connectivity index (χ0) is 22.3. The maximum atomic E-state index is 12.4. The highest BCUT2D eigenvalue weighted by Crippen LogP contribution is 2.37. The van der Waals surface area contributed by atoms with Gasteiger partial charge in [-0.05, 0) is 39.2 Å². The van der Waals surface area contributed by atoms with E-state index in [0.717, 1.165) is 37.5 Å². The number of fused-ring (bicyclic) bond motifs is 3. The Morgan fingerprint density at radius 3 is 2.74 bits per heavy atom. The van der Waals surface area contributed by atoms with Gasteiger partial charge in [-0.3, -0.25) is 4.79 Å². The lowest BCUT2D eigenvalue weighted by Gasteiger charge is -2.25. The number of hydrogen-bond donors (Lipinski definition) is 2. The van der Waals surface area contributed by atoms with Crippen molar-refractivity contribution in [3.05, 3.63) is 40.3 Å². The molecule has 0 spiro atoms. The highest BCUT2D eigenvalue weighted by Gasteiger charge is 2.25. The summed E-state index contributed by atoms with van der Waals surface area (Å²) in [6.07, 6.45) is 5.48. The van der Waals surface area contributed by atoms with Crippen LogP contribution in [0.1, 0.15) is 32.0 Å². The van der Waals surface area contributed by atoms with Gasteiger partial charge < -0.3 is 10.6 Å². The van der Waals surface area contributed by atoms with Gasteiger partial charge in [0.15, 0.2) is 0 Å². The Bertz CT molecular complexity index is 1230. The number of rotatable bonds is 5. The maximum absolute atomic E-state index is 12.4. The average molecular weight is 457 g/mol. The molecule has 31 heavy (non-hydrogen) atoms. The fourth-order valence-corrected chi connectivity index (χ4v) is 5.10. The third-order valence-corrected chi connectivity index (χ3v) is 6.95. The van der Waals surface area contributed by atoms with Crippen molar-refractivity contribution in [2.24, 2.45) is 11.8 Å². The molecule has 3 aromatic rings. The molecule has 162 valence electrons. The van der Waals surface area contributed by atoms with Gasteiger partial charge in [0.05, 0.1) is 21.5 Å². The molecular formula is C22H25ClN6OS. The van der Waals surface area contributed by atoms with Crippen LogP contribution in [0.5, 0.6) is 0 Å². The van der Waals surface area contributed by atoms with E-state index < -0.39 is 0 Å². The molecule has 0 aliphatic heterocycles. The summed E-state index contributed by atoms with van der Waals surface area (Å²) in [5.41, 5.74) is 3.43. The van der Waals surface area contributed by atoms with Crippen LogP contribution < -0.4 is 10.6 Å². The Hall–Kier alpha value is -2.58. The molecule has 0 saturated heterocycles. The molecule has 2 unspecified atom stereocenters. The summed E-state index contributed by atoms with van der Waals surface area (Å²) in [5.74, 6) is 0.919. The number of halogens is 1. The maximum Gasteiger partial charge on any atom is 0.252 e. The van der Waals surface area contributed by atoms with Crippen LogP contribution in [0, 0.1) is 25.7 Å². The van der Waals surface area contributed by atoms with Crippen LogP contribution >= 0.6 is 22.9 Å². The molecule has 3 aromatic heterocycles. The first-order valence-electron chi connectivity index (χ1n) is 10.3. The molecule has 2 N–H and O–H groups in total. The van der Waals surface area contributed by atoms with Crippen molar-refractivity contribution >= 4 is 55.1 Å². The lowest BCUT2D eigenvalue weighted by atomic mass is 9.86. The van der Waals surface area contributed by atoms with Gasteiger partial charge in [-0.15, -0.1) is 16.4 Å². The van der Waals surface area contributed by atoms with Crippen LogP contribution in [-0.2, 0) is 4.79 Å². The second kappa shape index (κ2) is 8.51. The van der Waals surface area contributed by atoms with E-state index in [1.807, 2.05) is 39.8 Å². The van der Waals surface area contributed by atoms with Crippen molar-refractivity contribution in [2.75, 3.05) is 11.9 Å². The van der Waals surface area contributed by atoms with Gasteiger partial charge in [0.25, 0.3) is 5.91 Å². The second-order valence-electron chi connectivity index (χ2n) is 8.22. The monoisotopic (exact) mass is 456 g/mol. The smallest absolute Gasteiger partial charge is 0.252 e. The van der Waals surface area contributed by atoms with E-state index in [4.69, 9.17) is 11.6 Å². The largest absolute Gasteiger partial charge is 0.368 e. The molecule has 1 amide bonds. The number of anilines is 1. The molecule has 1 aliphatic carbocycles. The van der Waals surface area contributed by atoms with E-state index in [2.05, 4.69) is 37.7 Å². The first-order chi connectivity index (χ1) is 14.8. The third-order valence-electron chi connectivity index (χ3n) is 5.55. The van der Waals surface area contributed by atoms with Gasteiger partial charge in [0.1, 0.15) is 17.0 Å². The number of thiophene rings is 1. The predicted molar refractivity (Wildman–Crippen MR) is 126 cm³/mol. The highest BCUT2D eigenvalue weighted by atomic mass is 35.5. The Morgan fingerprint density at radius 1 is 1.23 bits per heavy atom. The molecule has 0 radical (unpaired) electrons. The normalized spacial score (nSPS) is 18.9. The number of nitrogens with one attached hydrogen (secondary N) is 2. The van der Waals surface area contributed by atoms with Gasteiger partial charge in [0, 0.05) is 28.9 Å². The predicted octanol–water partition coefficient (Wildman–Crippen LogP) is 4.50. The van der Waals surface area contributed by atoms with Gasteiger partial charge in [0.2, 0.25) is 0 Å². The number of aromatic nitrogens is 4. The first kappa shape index (κ1) is 21.6. The minimum atomic E-state index is -0.135. The van der Waals surface area contributed by atoms with E-state index >= 15 is 0 Å². The molecule has 7 nitrogen and oxygen atoms in total. The van der Waals surface area contributed by atoms with Gasteiger partial charge in [-0.1, -0.05) is 30.7 Å². The first-order valence-corrected chi connectivity index (χ1v) is 11.5. The fourth-order valence-electron chi connectivity index (χ4n) is 3.69. The third kappa shape index (κ3) is 4.14. The summed E-state index contributed by atoms with van der Waals surface area (Å²) in [4.78, 5) is 22.2. The lowest BCUT2D eigenvalue weighted by Crippen LogP contribution is -2.33. The molecule has 1 aliphatic rings. The molecule has 0 fully saturated rings. The van der Waals surface area contributed by atoms with Crippen LogP contribution in [0.15, 0.2) is 29.1 Å². The van der Waals surface area contributed by atoms with Gasteiger partial charge >= 0.3 is 0 Å². The number of carbonyl (C=O) groups excluding carboxylic acids is 1. The Morgan fingerprint density at radius 2 is 2.00 bits per heavy atom. The molecule has 0 aromatic carbocycles. The lowest BCUT2D eigenvalue weighted by molar-refractivity contribution is -0.117. The summed E-state index contributed by atoms with van der Waals surface area (Å²) in [6.45, 7) is 10.6. The summed E-state index contributed by atoms with van der Waals surface area (Å²) >= 11 is 7.99. The van der Waals surface area contributed by atoms with Crippen LogP contribution in [0.4, 0.5) is 5.82 Å². The van der Waals surface area contributed by atoms with Crippen LogP contribution in [-0.4, -0.2) is 38.7 Å². The zero-order valence-electron chi connectivity index (χ0n) is 18.2. The van der Waals surface area contributed by atoms with Crippen molar-refractivity contribution in [2.45, 2.75) is 40.7 Å². The minimum Gasteiger partial charge on any atom is -0.368 e. The number of amides is 1. The molecule has 9 heteroatoms. The molecule has 0 bridgehead atoms. The summed E-state index contributed by atoms with van der Waals surface area (Å²) in [6, 6.07) is 0.0613. The van der Waals surface area contributed by atoms with Crippen molar-refractivity contribution in [1.29, 1.82) is 0 Å². The van der Waals surface area contributed by atoms with E-state index in [9.17, 15) is 4.79 Å².